The van der Waals surface area contributed by atoms with Gasteiger partial charge in [0.25, 0.3) is 0 Å². The van der Waals surface area contributed by atoms with Crippen LogP contribution in [0.15, 0.2) is 24.3 Å². The van der Waals surface area contributed by atoms with Crippen LogP contribution in [0.25, 0.3) is 0 Å². The minimum Gasteiger partial charge on any atom is -0.312 e. The van der Waals surface area contributed by atoms with E-state index in [1.165, 1.54) is 27.5 Å². The van der Waals surface area contributed by atoms with Gasteiger partial charge in [0, 0.05) is 11.5 Å². The number of likely N-dealkylation sites (N-methyl/N-ethyl adjacent to an activating group) is 1. The Hall–Kier alpha value is -1.26. The van der Waals surface area contributed by atoms with Crippen LogP contribution >= 0.6 is 11.5 Å². The van der Waals surface area contributed by atoms with Gasteiger partial charge in [-0.15, -0.1) is 5.10 Å². The zero-order chi connectivity index (χ0) is 14.8. The molecule has 2 rings (SSSR count). The highest BCUT2D eigenvalue weighted by Gasteiger charge is 2.26. The van der Waals surface area contributed by atoms with Crippen LogP contribution in [0, 0.1) is 6.92 Å². The number of hydrogen-bond donors (Lipinski definition) is 1. The van der Waals surface area contributed by atoms with E-state index in [0.29, 0.717) is 0 Å². The van der Waals surface area contributed by atoms with E-state index in [9.17, 15) is 0 Å². The van der Waals surface area contributed by atoms with Crippen molar-refractivity contribution in [3.05, 3.63) is 46.0 Å². The van der Waals surface area contributed by atoms with Crippen molar-refractivity contribution >= 4 is 11.5 Å². The van der Waals surface area contributed by atoms with Crippen molar-refractivity contribution in [2.24, 2.45) is 0 Å². The molecule has 0 aliphatic carbocycles. The fraction of sp³-hybridized carbons (Fsp3) is 0.500. The fourth-order valence-electron chi connectivity index (χ4n) is 2.33. The minimum atomic E-state index is 0.0309. The topological polar surface area (TPSA) is 37.8 Å². The van der Waals surface area contributed by atoms with E-state index < -0.39 is 0 Å². The Bertz CT molecular complexity index is 569. The molecule has 4 heteroatoms. The second kappa shape index (κ2) is 6.02. The van der Waals surface area contributed by atoms with Crippen molar-refractivity contribution in [1.82, 2.24) is 14.9 Å². The van der Waals surface area contributed by atoms with Gasteiger partial charge in [0.1, 0.15) is 0 Å². The molecule has 0 radical (unpaired) electrons. The van der Waals surface area contributed by atoms with Crippen molar-refractivity contribution in [2.45, 2.75) is 45.6 Å². The molecule has 1 aromatic heterocycles. The summed E-state index contributed by atoms with van der Waals surface area (Å²) in [5.41, 5.74) is 3.85. The Morgan fingerprint density at radius 3 is 2.55 bits per heavy atom. The molecule has 108 valence electrons. The van der Waals surface area contributed by atoms with Crippen LogP contribution in [0.3, 0.4) is 0 Å². The molecular formula is C16H23N3S. The lowest BCUT2D eigenvalue weighted by Crippen LogP contribution is -2.23. The molecule has 1 unspecified atom stereocenters. The van der Waals surface area contributed by atoms with Gasteiger partial charge >= 0.3 is 0 Å². The number of aromatic nitrogens is 2. The van der Waals surface area contributed by atoms with Gasteiger partial charge < -0.3 is 5.32 Å². The van der Waals surface area contributed by atoms with Gasteiger partial charge in [0.15, 0.2) is 0 Å². The van der Waals surface area contributed by atoms with Crippen LogP contribution in [0.4, 0.5) is 0 Å². The third kappa shape index (κ3) is 3.25. The number of hydrogen-bond acceptors (Lipinski definition) is 4. The zero-order valence-electron chi connectivity index (χ0n) is 12.9. The Balaban J connectivity index is 2.30. The molecule has 1 aromatic carbocycles. The van der Waals surface area contributed by atoms with Gasteiger partial charge in [0.2, 0.25) is 0 Å². The molecule has 0 spiro atoms. The SMILES string of the molecule is CNC(Cc1ccccc1C)c1snnc1C(C)(C)C. The largest absolute Gasteiger partial charge is 0.312 e. The fourth-order valence-corrected chi connectivity index (χ4v) is 3.30. The quantitative estimate of drug-likeness (QED) is 0.933. The Kier molecular flexibility index (Phi) is 4.55. The van der Waals surface area contributed by atoms with Crippen molar-refractivity contribution in [2.75, 3.05) is 7.05 Å². The van der Waals surface area contributed by atoms with Crippen LogP contribution in [0.1, 0.15) is 48.5 Å². The molecule has 0 saturated heterocycles. The molecule has 0 bridgehead atoms. The normalized spacial score (nSPS) is 13.4. The van der Waals surface area contributed by atoms with E-state index >= 15 is 0 Å². The minimum absolute atomic E-state index is 0.0309. The number of nitrogens with one attached hydrogen (secondary N) is 1. The average molecular weight is 289 g/mol. The summed E-state index contributed by atoms with van der Waals surface area (Å²) in [6.07, 6.45) is 0.968. The van der Waals surface area contributed by atoms with Crippen molar-refractivity contribution < 1.29 is 0 Å². The molecule has 3 nitrogen and oxygen atoms in total. The monoisotopic (exact) mass is 289 g/mol. The van der Waals surface area contributed by atoms with E-state index in [4.69, 9.17) is 0 Å². The molecule has 0 aliphatic heterocycles. The molecular weight excluding hydrogens is 266 g/mol. The lowest BCUT2D eigenvalue weighted by atomic mass is 9.88. The molecule has 20 heavy (non-hydrogen) atoms. The van der Waals surface area contributed by atoms with Crippen LogP contribution < -0.4 is 5.32 Å². The summed E-state index contributed by atoms with van der Waals surface area (Å²) in [5, 5.41) is 7.77. The van der Waals surface area contributed by atoms with Crippen LogP contribution in [0.5, 0.6) is 0 Å². The van der Waals surface area contributed by atoms with Gasteiger partial charge in [-0.1, -0.05) is 49.5 Å². The summed E-state index contributed by atoms with van der Waals surface area (Å²) in [4.78, 5) is 1.25. The zero-order valence-corrected chi connectivity index (χ0v) is 13.7. The predicted molar refractivity (Wildman–Crippen MR) is 85.3 cm³/mol. The van der Waals surface area contributed by atoms with Gasteiger partial charge in [-0.05, 0) is 43.1 Å². The Morgan fingerprint density at radius 1 is 1.25 bits per heavy atom. The molecule has 0 saturated carbocycles. The van der Waals surface area contributed by atoms with Gasteiger partial charge in [-0.3, -0.25) is 0 Å². The second-order valence-electron chi connectivity index (χ2n) is 6.21. The average Bonchev–Trinajstić information content (AvgIpc) is 2.87. The molecule has 1 heterocycles. The maximum absolute atomic E-state index is 4.35. The third-order valence-corrected chi connectivity index (χ3v) is 4.41. The summed E-state index contributed by atoms with van der Waals surface area (Å²) >= 11 is 1.51. The molecule has 1 atom stereocenters. The Labute approximate surface area is 125 Å². The number of benzene rings is 1. The molecule has 1 N–H and O–H groups in total. The maximum Gasteiger partial charge on any atom is 0.0857 e. The highest BCUT2D eigenvalue weighted by atomic mass is 32.1. The summed E-state index contributed by atoms with van der Waals surface area (Å²) in [6.45, 7) is 8.73. The van der Waals surface area contributed by atoms with Crippen molar-refractivity contribution in [1.29, 1.82) is 0 Å². The summed E-state index contributed by atoms with van der Waals surface area (Å²) < 4.78 is 4.17. The maximum atomic E-state index is 4.35. The van der Waals surface area contributed by atoms with E-state index in [-0.39, 0.29) is 11.5 Å². The lowest BCUT2D eigenvalue weighted by molar-refractivity contribution is 0.530. The van der Waals surface area contributed by atoms with Gasteiger partial charge in [0.05, 0.1) is 10.6 Å². The van der Waals surface area contributed by atoms with Crippen LogP contribution in [-0.2, 0) is 11.8 Å². The number of aryl methyl sites for hydroxylation is 1. The van der Waals surface area contributed by atoms with Crippen LogP contribution in [0.2, 0.25) is 0 Å². The predicted octanol–water partition coefficient (Wildman–Crippen LogP) is 3.65. The van der Waals surface area contributed by atoms with E-state index in [0.717, 1.165) is 12.1 Å². The molecule has 0 aliphatic rings. The number of nitrogens with zero attached hydrogens (tertiary/aromatic N) is 2. The first-order valence-corrected chi connectivity index (χ1v) is 7.75. The first-order chi connectivity index (χ1) is 9.43. The summed E-state index contributed by atoms with van der Waals surface area (Å²) in [6, 6.07) is 8.82. The highest BCUT2D eigenvalue weighted by Crippen LogP contribution is 2.32. The molecule has 0 fully saturated rings. The smallest absolute Gasteiger partial charge is 0.0857 e. The lowest BCUT2D eigenvalue weighted by Gasteiger charge is -2.22. The first-order valence-electron chi connectivity index (χ1n) is 6.98. The highest BCUT2D eigenvalue weighted by molar-refractivity contribution is 7.05. The van der Waals surface area contributed by atoms with Gasteiger partial charge in [-0.25, -0.2) is 0 Å². The van der Waals surface area contributed by atoms with Crippen molar-refractivity contribution in [3.63, 3.8) is 0 Å². The standard InChI is InChI=1S/C16H23N3S/c1-11-8-6-7-9-12(11)10-13(17-5)14-15(16(2,3)4)18-19-20-14/h6-9,13,17H,10H2,1-5H3. The summed E-state index contributed by atoms with van der Waals surface area (Å²) in [5.74, 6) is 0. The Morgan fingerprint density at radius 2 is 1.95 bits per heavy atom. The summed E-state index contributed by atoms with van der Waals surface area (Å²) in [7, 11) is 2.01. The van der Waals surface area contributed by atoms with E-state index in [1.807, 2.05) is 7.05 Å². The van der Waals surface area contributed by atoms with Gasteiger partial charge in [-0.2, -0.15) is 0 Å². The van der Waals surface area contributed by atoms with E-state index in [1.54, 1.807) is 0 Å². The van der Waals surface area contributed by atoms with E-state index in [2.05, 4.69) is 66.9 Å². The number of rotatable bonds is 4. The third-order valence-electron chi connectivity index (χ3n) is 3.57. The second-order valence-corrected chi connectivity index (χ2v) is 6.99. The molecule has 0 amide bonds. The molecule has 2 aromatic rings. The van der Waals surface area contributed by atoms with Crippen LogP contribution in [-0.4, -0.2) is 16.6 Å². The van der Waals surface area contributed by atoms with Crippen molar-refractivity contribution in [3.8, 4) is 0 Å². The first kappa shape index (κ1) is 15.1.